The van der Waals surface area contributed by atoms with E-state index in [4.69, 9.17) is 5.73 Å². The monoisotopic (exact) mass is 355 g/mol. The number of carbonyl (C=O) groups is 2. The first kappa shape index (κ1) is 17.7. The number of hydrogen-bond donors (Lipinski definition) is 3. The minimum Gasteiger partial charge on any atom is -0.348 e. The van der Waals surface area contributed by atoms with Gasteiger partial charge in [-0.05, 0) is 30.5 Å². The number of nitrogens with two attached hydrogens (primary N) is 1. The molecule has 0 saturated heterocycles. The molecule has 5 nitrogen and oxygen atoms in total. The van der Waals surface area contributed by atoms with Crippen molar-refractivity contribution in [1.82, 2.24) is 10.6 Å². The van der Waals surface area contributed by atoms with Gasteiger partial charge in [0.1, 0.15) is 0 Å². The van der Waals surface area contributed by atoms with Crippen LogP contribution in [0.5, 0.6) is 0 Å². The van der Waals surface area contributed by atoms with Gasteiger partial charge in [-0.1, -0.05) is 41.9 Å². The van der Waals surface area contributed by atoms with E-state index >= 15 is 0 Å². The van der Waals surface area contributed by atoms with Crippen molar-refractivity contribution >= 4 is 27.7 Å². The summed E-state index contributed by atoms with van der Waals surface area (Å²) in [6.45, 7) is 5.54. The van der Waals surface area contributed by atoms with E-state index in [9.17, 15) is 9.59 Å². The van der Waals surface area contributed by atoms with E-state index in [1.807, 2.05) is 45.0 Å². The van der Waals surface area contributed by atoms with Gasteiger partial charge in [-0.2, -0.15) is 0 Å². The number of rotatable bonds is 6. The Morgan fingerprint density at radius 1 is 1.29 bits per heavy atom. The van der Waals surface area contributed by atoms with E-state index in [2.05, 4.69) is 26.6 Å². The molecule has 1 rings (SSSR count). The Morgan fingerprint density at radius 3 is 2.52 bits per heavy atom. The fourth-order valence-electron chi connectivity index (χ4n) is 1.74. The molecule has 116 valence electrons. The molecule has 0 aliphatic rings. The Morgan fingerprint density at radius 2 is 1.95 bits per heavy atom. The van der Waals surface area contributed by atoms with Crippen molar-refractivity contribution in [3.63, 3.8) is 0 Å². The van der Waals surface area contributed by atoms with Crippen LogP contribution < -0.4 is 16.4 Å². The first-order valence-electron chi connectivity index (χ1n) is 6.89. The molecule has 21 heavy (non-hydrogen) atoms. The summed E-state index contributed by atoms with van der Waals surface area (Å²) in [5.74, 6) is -0.518. The second-order valence-corrected chi connectivity index (χ2v) is 6.25. The van der Waals surface area contributed by atoms with Gasteiger partial charge in [-0.25, -0.2) is 0 Å². The maximum absolute atomic E-state index is 11.8. The van der Waals surface area contributed by atoms with Crippen LogP contribution in [0.25, 0.3) is 0 Å². The van der Waals surface area contributed by atoms with Crippen LogP contribution in [0.15, 0.2) is 28.7 Å². The third kappa shape index (κ3) is 5.85. The molecule has 0 bridgehead atoms. The second-order valence-electron chi connectivity index (χ2n) is 5.33. The number of hydrogen-bond acceptors (Lipinski definition) is 3. The molecule has 0 saturated carbocycles. The number of nitrogens with one attached hydrogen (secondary N) is 2. The van der Waals surface area contributed by atoms with Gasteiger partial charge >= 0.3 is 0 Å². The van der Waals surface area contributed by atoms with E-state index in [0.29, 0.717) is 0 Å². The SMILES string of the molecule is CC(C)[C@H](N)C(=O)NCC(=O)N[C@@H](C)c1cccc(Br)c1. The molecule has 1 aromatic carbocycles. The van der Waals surface area contributed by atoms with Gasteiger partial charge in [0.2, 0.25) is 11.8 Å². The zero-order chi connectivity index (χ0) is 16.0. The highest BCUT2D eigenvalue weighted by atomic mass is 79.9. The van der Waals surface area contributed by atoms with Gasteiger partial charge < -0.3 is 16.4 Å². The molecule has 4 N–H and O–H groups in total. The summed E-state index contributed by atoms with van der Waals surface area (Å²) in [5, 5.41) is 5.38. The summed E-state index contributed by atoms with van der Waals surface area (Å²) in [6, 6.07) is 6.98. The molecule has 0 spiro atoms. The maximum atomic E-state index is 11.8. The number of carbonyl (C=O) groups excluding carboxylic acids is 2. The molecule has 2 atom stereocenters. The topological polar surface area (TPSA) is 84.2 Å². The Balaban J connectivity index is 2.45. The van der Waals surface area contributed by atoms with Gasteiger partial charge in [0, 0.05) is 4.47 Å². The van der Waals surface area contributed by atoms with Crippen molar-refractivity contribution in [3.05, 3.63) is 34.3 Å². The van der Waals surface area contributed by atoms with Crippen LogP contribution in [0.1, 0.15) is 32.4 Å². The summed E-state index contributed by atoms with van der Waals surface area (Å²) < 4.78 is 0.956. The third-order valence-corrected chi connectivity index (χ3v) is 3.66. The smallest absolute Gasteiger partial charge is 0.239 e. The van der Waals surface area contributed by atoms with E-state index in [0.717, 1.165) is 10.0 Å². The highest BCUT2D eigenvalue weighted by Crippen LogP contribution is 2.17. The van der Waals surface area contributed by atoms with Crippen molar-refractivity contribution in [1.29, 1.82) is 0 Å². The quantitative estimate of drug-likeness (QED) is 0.726. The van der Waals surface area contributed by atoms with Gasteiger partial charge in [-0.3, -0.25) is 9.59 Å². The summed E-state index contributed by atoms with van der Waals surface area (Å²) in [4.78, 5) is 23.5. The van der Waals surface area contributed by atoms with E-state index in [1.54, 1.807) is 0 Å². The fourth-order valence-corrected chi connectivity index (χ4v) is 2.16. The summed E-state index contributed by atoms with van der Waals surface area (Å²) in [5.41, 5.74) is 6.70. The maximum Gasteiger partial charge on any atom is 0.239 e. The van der Waals surface area contributed by atoms with Crippen LogP contribution in [0.2, 0.25) is 0 Å². The van der Waals surface area contributed by atoms with Gasteiger partial charge in [0.05, 0.1) is 18.6 Å². The Hall–Kier alpha value is -1.40. The Kier molecular flexibility index (Phi) is 6.84. The molecular formula is C15H22BrN3O2. The first-order chi connectivity index (χ1) is 9.81. The number of halogens is 1. The van der Waals surface area contributed by atoms with E-state index in [-0.39, 0.29) is 30.3 Å². The number of amides is 2. The molecular weight excluding hydrogens is 334 g/mol. The Labute approximate surface area is 133 Å². The zero-order valence-corrected chi connectivity index (χ0v) is 14.1. The minimum absolute atomic E-state index is 0.0358. The molecule has 0 aliphatic heterocycles. The average Bonchev–Trinajstić information content (AvgIpc) is 2.43. The van der Waals surface area contributed by atoms with Crippen molar-refractivity contribution in [3.8, 4) is 0 Å². The van der Waals surface area contributed by atoms with Crippen LogP contribution in [-0.2, 0) is 9.59 Å². The van der Waals surface area contributed by atoms with Crippen LogP contribution in [-0.4, -0.2) is 24.4 Å². The molecule has 0 unspecified atom stereocenters. The summed E-state index contributed by atoms with van der Waals surface area (Å²) in [7, 11) is 0. The van der Waals surface area contributed by atoms with Crippen LogP contribution in [0.4, 0.5) is 0 Å². The van der Waals surface area contributed by atoms with Crippen molar-refractivity contribution < 1.29 is 9.59 Å². The molecule has 0 radical (unpaired) electrons. The zero-order valence-electron chi connectivity index (χ0n) is 12.5. The van der Waals surface area contributed by atoms with Gasteiger partial charge in [-0.15, -0.1) is 0 Å². The molecule has 0 aliphatic carbocycles. The molecule has 0 fully saturated rings. The largest absolute Gasteiger partial charge is 0.348 e. The lowest BCUT2D eigenvalue weighted by Crippen LogP contribution is -2.47. The molecule has 0 heterocycles. The predicted molar refractivity (Wildman–Crippen MR) is 86.5 cm³/mol. The molecule has 2 amide bonds. The highest BCUT2D eigenvalue weighted by molar-refractivity contribution is 9.10. The van der Waals surface area contributed by atoms with Crippen molar-refractivity contribution in [2.75, 3.05) is 6.54 Å². The minimum atomic E-state index is -0.597. The van der Waals surface area contributed by atoms with Crippen molar-refractivity contribution in [2.24, 2.45) is 11.7 Å². The normalized spacial score (nSPS) is 13.6. The van der Waals surface area contributed by atoms with Gasteiger partial charge in [0.15, 0.2) is 0 Å². The Bertz CT molecular complexity index is 505. The predicted octanol–water partition coefficient (Wildman–Crippen LogP) is 1.73. The lowest BCUT2D eigenvalue weighted by atomic mass is 10.1. The summed E-state index contributed by atoms with van der Waals surface area (Å²) >= 11 is 3.39. The average molecular weight is 356 g/mol. The molecule has 1 aromatic rings. The molecule has 6 heteroatoms. The second kappa shape index (κ2) is 8.14. The van der Waals surface area contributed by atoms with Crippen LogP contribution in [0, 0.1) is 5.92 Å². The number of benzene rings is 1. The lowest BCUT2D eigenvalue weighted by molar-refractivity contribution is -0.127. The van der Waals surface area contributed by atoms with Crippen LogP contribution >= 0.6 is 15.9 Å². The van der Waals surface area contributed by atoms with E-state index < -0.39 is 6.04 Å². The summed E-state index contributed by atoms with van der Waals surface area (Å²) in [6.07, 6.45) is 0. The first-order valence-corrected chi connectivity index (χ1v) is 7.68. The van der Waals surface area contributed by atoms with Crippen LogP contribution in [0.3, 0.4) is 0 Å². The third-order valence-electron chi connectivity index (χ3n) is 3.17. The van der Waals surface area contributed by atoms with Gasteiger partial charge in [0.25, 0.3) is 0 Å². The fraction of sp³-hybridized carbons (Fsp3) is 0.467. The standard InChI is InChI=1S/C15H22BrN3O2/c1-9(2)14(17)15(21)18-8-13(20)19-10(3)11-5-4-6-12(16)7-11/h4-7,9-10,14H,8,17H2,1-3H3,(H,18,21)(H,19,20)/t10-,14-/m0/s1. The van der Waals surface area contributed by atoms with Crippen molar-refractivity contribution in [2.45, 2.75) is 32.9 Å². The highest BCUT2D eigenvalue weighted by Gasteiger charge is 2.18. The van der Waals surface area contributed by atoms with E-state index in [1.165, 1.54) is 0 Å². The molecule has 0 aromatic heterocycles. The lowest BCUT2D eigenvalue weighted by Gasteiger charge is -2.17.